The quantitative estimate of drug-likeness (QED) is 0.670. The van der Waals surface area contributed by atoms with Gasteiger partial charge < -0.3 is 8.83 Å². The zero-order chi connectivity index (χ0) is 17.8. The summed E-state index contributed by atoms with van der Waals surface area (Å²) >= 11 is 1.28. The van der Waals surface area contributed by atoms with Crippen LogP contribution in [-0.2, 0) is 4.79 Å². The number of aromatic amines is 1. The van der Waals surface area contributed by atoms with Gasteiger partial charge in [0, 0.05) is 6.42 Å². The maximum atomic E-state index is 12.7. The third kappa shape index (κ3) is 3.62. The molecule has 0 radical (unpaired) electrons. The van der Waals surface area contributed by atoms with Crippen LogP contribution in [0.4, 0.5) is 0 Å². The summed E-state index contributed by atoms with van der Waals surface area (Å²) in [5.41, 5.74) is 0.779. The van der Waals surface area contributed by atoms with E-state index >= 15 is 0 Å². The van der Waals surface area contributed by atoms with Crippen LogP contribution >= 0.6 is 11.8 Å². The monoisotopic (exact) mass is 369 g/mol. The zero-order valence-electron chi connectivity index (χ0n) is 13.6. The molecule has 0 aliphatic carbocycles. The van der Waals surface area contributed by atoms with E-state index in [1.807, 2.05) is 30.4 Å². The number of aromatic nitrogens is 3. The molecule has 0 fully saturated rings. The molecule has 0 spiro atoms. The molecule has 132 valence electrons. The molecule has 26 heavy (non-hydrogen) atoms. The summed E-state index contributed by atoms with van der Waals surface area (Å²) in [4.78, 5) is 16.7. The molecule has 8 nitrogen and oxygen atoms in total. The standard InChI is InChI=1S/C17H15N5O3S/c23-16(10-26-17-18-11-19-20-17)22-14(15-4-2-8-25-15)9-12(21-22)5-6-13-3-1-7-24-13/h1-8,11,14H,9-10H2,(H,18,19,20)/b6-5-/t14-/m1/s1. The number of carbonyl (C=O) groups is 1. The van der Waals surface area contributed by atoms with Gasteiger partial charge in [-0.25, -0.2) is 9.99 Å². The fourth-order valence-corrected chi connectivity index (χ4v) is 3.22. The highest BCUT2D eigenvalue weighted by atomic mass is 32.2. The molecule has 4 heterocycles. The van der Waals surface area contributed by atoms with Crippen molar-refractivity contribution in [1.82, 2.24) is 20.2 Å². The lowest BCUT2D eigenvalue weighted by atomic mass is 10.1. The van der Waals surface area contributed by atoms with E-state index in [0.29, 0.717) is 17.3 Å². The van der Waals surface area contributed by atoms with Gasteiger partial charge in [-0.2, -0.15) is 10.2 Å². The molecule has 9 heteroatoms. The zero-order valence-corrected chi connectivity index (χ0v) is 14.4. The number of furan rings is 2. The highest BCUT2D eigenvalue weighted by Gasteiger charge is 2.33. The van der Waals surface area contributed by atoms with Crippen LogP contribution in [0.5, 0.6) is 0 Å². The Morgan fingerprint density at radius 1 is 1.31 bits per heavy atom. The van der Waals surface area contributed by atoms with Crippen molar-refractivity contribution in [2.45, 2.75) is 17.6 Å². The Kier molecular flexibility index (Phi) is 4.69. The van der Waals surface area contributed by atoms with E-state index in [0.717, 1.165) is 11.5 Å². The lowest BCUT2D eigenvalue weighted by Gasteiger charge is -2.19. The van der Waals surface area contributed by atoms with Gasteiger partial charge in [0.15, 0.2) is 5.16 Å². The van der Waals surface area contributed by atoms with Gasteiger partial charge in [-0.1, -0.05) is 11.8 Å². The van der Waals surface area contributed by atoms with Gasteiger partial charge in [-0.05, 0) is 36.4 Å². The van der Waals surface area contributed by atoms with Crippen LogP contribution in [-0.4, -0.2) is 37.6 Å². The average molecular weight is 369 g/mol. The molecule has 3 aromatic heterocycles. The molecule has 0 aromatic carbocycles. The Bertz CT molecular complexity index is 901. The van der Waals surface area contributed by atoms with Crippen molar-refractivity contribution < 1.29 is 13.6 Å². The summed E-state index contributed by atoms with van der Waals surface area (Å²) in [5.74, 6) is 1.50. The van der Waals surface area contributed by atoms with Crippen LogP contribution in [0.2, 0.25) is 0 Å². The summed E-state index contributed by atoms with van der Waals surface area (Å²) in [6.45, 7) is 0. The number of allylic oxidation sites excluding steroid dienone is 1. The predicted octanol–water partition coefficient (Wildman–Crippen LogP) is 3.13. The molecule has 0 saturated carbocycles. The fraction of sp³-hybridized carbons (Fsp3) is 0.176. The first-order valence-electron chi connectivity index (χ1n) is 7.92. The topological polar surface area (TPSA) is 101 Å². The highest BCUT2D eigenvalue weighted by molar-refractivity contribution is 7.99. The molecule has 1 N–H and O–H groups in total. The molecule has 1 atom stereocenters. The second-order valence-electron chi connectivity index (χ2n) is 5.49. The van der Waals surface area contributed by atoms with Crippen LogP contribution < -0.4 is 0 Å². The SMILES string of the molecule is O=C(CSc1ncn[nH]1)N1N=C(/C=C\c2ccco2)C[C@@H]1c1ccco1. The second kappa shape index (κ2) is 7.44. The van der Waals surface area contributed by atoms with Crippen molar-refractivity contribution >= 4 is 29.5 Å². The van der Waals surface area contributed by atoms with E-state index in [1.54, 1.807) is 18.6 Å². The van der Waals surface area contributed by atoms with E-state index in [-0.39, 0.29) is 17.7 Å². The first kappa shape index (κ1) is 16.4. The minimum atomic E-state index is -0.260. The fourth-order valence-electron chi connectivity index (χ4n) is 2.59. The van der Waals surface area contributed by atoms with Crippen molar-refractivity contribution in [3.8, 4) is 0 Å². The number of H-pyrrole nitrogens is 1. The highest BCUT2D eigenvalue weighted by Crippen LogP contribution is 2.32. The number of hydrogen-bond donors (Lipinski definition) is 1. The number of nitrogens with zero attached hydrogens (tertiary/aromatic N) is 4. The van der Waals surface area contributed by atoms with Gasteiger partial charge in [0.25, 0.3) is 5.91 Å². The third-order valence-corrected chi connectivity index (χ3v) is 4.63. The Balaban J connectivity index is 1.50. The van der Waals surface area contributed by atoms with Crippen molar-refractivity contribution in [3.63, 3.8) is 0 Å². The second-order valence-corrected chi connectivity index (χ2v) is 6.46. The third-order valence-electron chi connectivity index (χ3n) is 3.77. The molecule has 1 aliphatic rings. The molecule has 0 unspecified atom stereocenters. The van der Waals surface area contributed by atoms with Gasteiger partial charge in [0.1, 0.15) is 23.9 Å². The van der Waals surface area contributed by atoms with Crippen LogP contribution in [0.15, 0.2) is 68.3 Å². The number of amides is 1. The lowest BCUT2D eigenvalue weighted by Crippen LogP contribution is -2.28. The number of hydrazone groups is 1. The van der Waals surface area contributed by atoms with Crippen molar-refractivity contribution in [2.24, 2.45) is 5.10 Å². The molecular weight excluding hydrogens is 354 g/mol. The maximum Gasteiger partial charge on any atom is 0.253 e. The van der Waals surface area contributed by atoms with Gasteiger partial charge in [0.2, 0.25) is 0 Å². The summed E-state index contributed by atoms with van der Waals surface area (Å²) in [6, 6.07) is 7.07. The summed E-state index contributed by atoms with van der Waals surface area (Å²) in [5, 5.41) is 13.0. The van der Waals surface area contributed by atoms with Gasteiger partial charge in [-0.15, -0.1) is 0 Å². The average Bonchev–Trinajstić information content (AvgIpc) is 3.45. The minimum Gasteiger partial charge on any atom is -0.467 e. The predicted molar refractivity (Wildman–Crippen MR) is 95.2 cm³/mol. The van der Waals surface area contributed by atoms with Crippen LogP contribution in [0.25, 0.3) is 6.08 Å². The van der Waals surface area contributed by atoms with E-state index in [9.17, 15) is 4.79 Å². The minimum absolute atomic E-state index is 0.130. The van der Waals surface area contributed by atoms with Crippen molar-refractivity contribution in [3.05, 3.63) is 60.7 Å². The molecular formula is C17H15N5O3S. The number of rotatable bonds is 6. The van der Waals surface area contributed by atoms with Gasteiger partial charge in [0.05, 0.1) is 24.0 Å². The Morgan fingerprint density at radius 3 is 2.92 bits per heavy atom. The van der Waals surface area contributed by atoms with Gasteiger partial charge >= 0.3 is 0 Å². The Hall–Kier alpha value is -3.07. The molecule has 1 amide bonds. The lowest BCUT2D eigenvalue weighted by molar-refractivity contribution is -0.130. The van der Waals surface area contributed by atoms with E-state index < -0.39 is 0 Å². The summed E-state index contributed by atoms with van der Waals surface area (Å²) < 4.78 is 10.8. The first-order valence-corrected chi connectivity index (χ1v) is 8.91. The van der Waals surface area contributed by atoms with Crippen LogP contribution in [0.3, 0.4) is 0 Å². The molecule has 4 rings (SSSR count). The molecule has 3 aromatic rings. The van der Waals surface area contributed by atoms with Crippen LogP contribution in [0, 0.1) is 0 Å². The Morgan fingerprint density at radius 2 is 2.19 bits per heavy atom. The number of nitrogens with one attached hydrogen (secondary N) is 1. The van der Waals surface area contributed by atoms with Crippen molar-refractivity contribution in [2.75, 3.05) is 5.75 Å². The first-order chi connectivity index (χ1) is 12.8. The number of hydrogen-bond acceptors (Lipinski definition) is 7. The Labute approximate surface area is 153 Å². The maximum absolute atomic E-state index is 12.7. The van der Waals surface area contributed by atoms with Gasteiger partial charge in [-0.3, -0.25) is 9.89 Å². The summed E-state index contributed by atoms with van der Waals surface area (Å²) in [7, 11) is 0. The smallest absolute Gasteiger partial charge is 0.253 e. The molecule has 0 saturated heterocycles. The number of thioether (sulfide) groups is 1. The van der Waals surface area contributed by atoms with Crippen molar-refractivity contribution in [1.29, 1.82) is 0 Å². The van der Waals surface area contributed by atoms with Crippen LogP contribution in [0.1, 0.15) is 24.0 Å². The van der Waals surface area contributed by atoms with E-state index in [1.165, 1.54) is 23.1 Å². The largest absolute Gasteiger partial charge is 0.467 e. The molecule has 0 bridgehead atoms. The normalized spacial score (nSPS) is 17.2. The summed E-state index contributed by atoms with van der Waals surface area (Å²) in [6.07, 6.45) is 8.87. The number of carbonyl (C=O) groups excluding carboxylic acids is 1. The van der Waals surface area contributed by atoms with E-state index in [2.05, 4.69) is 20.3 Å². The van der Waals surface area contributed by atoms with E-state index in [4.69, 9.17) is 8.83 Å². The molecule has 1 aliphatic heterocycles.